The maximum absolute atomic E-state index is 12.9. The van der Waals surface area contributed by atoms with Crippen LogP contribution in [-0.4, -0.2) is 48.6 Å². The lowest BCUT2D eigenvalue weighted by atomic mass is 9.90. The number of piperidine rings is 1. The van der Waals surface area contributed by atoms with Crippen molar-refractivity contribution in [2.75, 3.05) is 26.2 Å². The minimum atomic E-state index is -0.334. The Morgan fingerprint density at radius 3 is 2.60 bits per heavy atom. The second-order valence-electron chi connectivity index (χ2n) is 8.00. The zero-order valence-electron chi connectivity index (χ0n) is 17.1. The van der Waals surface area contributed by atoms with Gasteiger partial charge in [-0.3, -0.25) is 9.59 Å². The van der Waals surface area contributed by atoms with Gasteiger partial charge in [-0.1, -0.05) is 48.5 Å². The molecule has 6 nitrogen and oxygen atoms in total. The molecular formula is C24H28N2O4. The number of amides is 2. The first-order valence-electron chi connectivity index (χ1n) is 10.6. The second-order valence-corrected chi connectivity index (χ2v) is 8.00. The van der Waals surface area contributed by atoms with Crippen LogP contribution in [0.1, 0.15) is 30.4 Å². The molecule has 2 heterocycles. The summed E-state index contributed by atoms with van der Waals surface area (Å²) in [6.07, 6.45) is 2.20. The Balaban J connectivity index is 1.34. The number of carbonyl (C=O) groups excluding carboxylic acids is 2. The molecule has 0 aromatic heterocycles. The number of hydrogen-bond acceptors (Lipinski definition) is 4. The number of rotatable bonds is 5. The summed E-state index contributed by atoms with van der Waals surface area (Å²) in [5, 5.41) is 2.94. The number of para-hydroxylation sites is 1. The number of benzene rings is 2. The molecule has 0 radical (unpaired) electrons. The smallest absolute Gasteiger partial charge is 0.227 e. The normalized spacial score (nSPS) is 18.5. The first-order valence-corrected chi connectivity index (χ1v) is 10.6. The van der Waals surface area contributed by atoms with Crippen LogP contribution in [0.5, 0.6) is 5.75 Å². The first kappa shape index (κ1) is 20.4. The van der Waals surface area contributed by atoms with Crippen LogP contribution in [0.15, 0.2) is 54.6 Å². The molecule has 4 rings (SSSR count). The maximum atomic E-state index is 12.9. The highest BCUT2D eigenvalue weighted by Gasteiger charge is 2.38. The van der Waals surface area contributed by atoms with Gasteiger partial charge >= 0.3 is 0 Å². The monoisotopic (exact) mass is 408 g/mol. The van der Waals surface area contributed by atoms with Crippen molar-refractivity contribution in [3.05, 3.63) is 65.7 Å². The number of ether oxygens (including phenoxy) is 2. The lowest BCUT2D eigenvalue weighted by Gasteiger charge is -2.40. The Labute approximate surface area is 177 Å². The predicted octanol–water partition coefficient (Wildman–Crippen LogP) is 2.71. The van der Waals surface area contributed by atoms with E-state index in [4.69, 9.17) is 9.47 Å². The summed E-state index contributed by atoms with van der Waals surface area (Å²) in [5.41, 5.74) is 1.66. The average Bonchev–Trinajstić information content (AvgIpc) is 2.96. The fourth-order valence-electron chi connectivity index (χ4n) is 4.04. The molecule has 158 valence electrons. The summed E-state index contributed by atoms with van der Waals surface area (Å²) in [5.74, 6) is 0.883. The molecule has 2 fully saturated rings. The van der Waals surface area contributed by atoms with Gasteiger partial charge in [0.1, 0.15) is 12.4 Å². The van der Waals surface area contributed by atoms with Crippen LogP contribution < -0.4 is 10.1 Å². The molecule has 0 atom stereocenters. The lowest BCUT2D eigenvalue weighted by Crippen LogP contribution is -2.52. The predicted molar refractivity (Wildman–Crippen MR) is 113 cm³/mol. The van der Waals surface area contributed by atoms with Crippen LogP contribution >= 0.6 is 0 Å². The number of carbonyl (C=O) groups is 2. The Kier molecular flexibility index (Phi) is 6.33. The zero-order chi connectivity index (χ0) is 20.8. The van der Waals surface area contributed by atoms with Crippen molar-refractivity contribution in [1.29, 1.82) is 0 Å². The van der Waals surface area contributed by atoms with E-state index in [1.807, 2.05) is 59.5 Å². The van der Waals surface area contributed by atoms with E-state index in [0.29, 0.717) is 45.7 Å². The van der Waals surface area contributed by atoms with E-state index in [0.717, 1.165) is 29.7 Å². The Hall–Kier alpha value is -2.86. The minimum absolute atomic E-state index is 0.0393. The van der Waals surface area contributed by atoms with Crippen molar-refractivity contribution in [2.45, 2.75) is 37.9 Å². The quantitative estimate of drug-likeness (QED) is 0.826. The number of nitrogens with zero attached hydrogens (tertiary/aromatic N) is 1. The van der Waals surface area contributed by atoms with Gasteiger partial charge in [-0.25, -0.2) is 0 Å². The van der Waals surface area contributed by atoms with Gasteiger partial charge in [0.15, 0.2) is 0 Å². The average molecular weight is 408 g/mol. The summed E-state index contributed by atoms with van der Waals surface area (Å²) in [4.78, 5) is 26.4. The van der Waals surface area contributed by atoms with Crippen molar-refractivity contribution >= 4 is 11.8 Å². The summed E-state index contributed by atoms with van der Waals surface area (Å²) in [7, 11) is 0. The van der Waals surface area contributed by atoms with Crippen molar-refractivity contribution in [3.63, 3.8) is 0 Å². The molecule has 6 heteroatoms. The SMILES string of the molecule is O=C1CCOC2(CCN(C(=O)Cc3ccccc3OCc3ccccc3)CC2)CN1. The Bertz CT molecular complexity index is 876. The third kappa shape index (κ3) is 5.00. The molecule has 1 N–H and O–H groups in total. The molecule has 0 unspecified atom stereocenters. The van der Waals surface area contributed by atoms with E-state index in [-0.39, 0.29) is 17.4 Å². The van der Waals surface area contributed by atoms with Gasteiger partial charge in [0, 0.05) is 31.6 Å². The van der Waals surface area contributed by atoms with Crippen LogP contribution in [0.3, 0.4) is 0 Å². The van der Waals surface area contributed by atoms with Gasteiger partial charge in [-0.15, -0.1) is 0 Å². The lowest BCUT2D eigenvalue weighted by molar-refractivity contribution is -0.137. The first-order chi connectivity index (χ1) is 14.6. The van der Waals surface area contributed by atoms with Gasteiger partial charge in [0.25, 0.3) is 0 Å². The molecule has 2 aromatic rings. The van der Waals surface area contributed by atoms with E-state index in [1.54, 1.807) is 0 Å². The van der Waals surface area contributed by atoms with Gasteiger partial charge in [-0.2, -0.15) is 0 Å². The summed E-state index contributed by atoms with van der Waals surface area (Å²) in [6.45, 7) is 2.74. The Morgan fingerprint density at radius 1 is 1.07 bits per heavy atom. The molecule has 2 amide bonds. The Morgan fingerprint density at radius 2 is 1.80 bits per heavy atom. The van der Waals surface area contributed by atoms with Gasteiger partial charge in [0.05, 0.1) is 18.6 Å². The van der Waals surface area contributed by atoms with Gasteiger partial charge in [-0.05, 0) is 24.5 Å². The largest absolute Gasteiger partial charge is 0.489 e. The topological polar surface area (TPSA) is 67.9 Å². The highest BCUT2D eigenvalue weighted by molar-refractivity contribution is 5.79. The third-order valence-electron chi connectivity index (χ3n) is 5.92. The van der Waals surface area contributed by atoms with Crippen molar-refractivity contribution in [3.8, 4) is 5.75 Å². The number of likely N-dealkylation sites (tertiary alicyclic amines) is 1. The number of nitrogens with one attached hydrogen (secondary N) is 1. The maximum Gasteiger partial charge on any atom is 0.227 e. The van der Waals surface area contributed by atoms with Gasteiger partial charge < -0.3 is 19.7 Å². The van der Waals surface area contributed by atoms with Crippen LogP contribution in [0, 0.1) is 0 Å². The molecule has 30 heavy (non-hydrogen) atoms. The van der Waals surface area contributed by atoms with Gasteiger partial charge in [0.2, 0.25) is 11.8 Å². The molecule has 2 aliphatic heterocycles. The van der Waals surface area contributed by atoms with Crippen LogP contribution in [0.4, 0.5) is 0 Å². The summed E-state index contributed by atoms with van der Waals surface area (Å²) < 4.78 is 12.0. The molecular weight excluding hydrogens is 380 g/mol. The van der Waals surface area contributed by atoms with Crippen LogP contribution in [0.25, 0.3) is 0 Å². The van der Waals surface area contributed by atoms with Crippen LogP contribution in [0.2, 0.25) is 0 Å². The summed E-state index contributed by atoms with van der Waals surface area (Å²) >= 11 is 0. The zero-order valence-corrected chi connectivity index (χ0v) is 17.1. The van der Waals surface area contributed by atoms with Crippen molar-refractivity contribution < 1.29 is 19.1 Å². The molecule has 2 aromatic carbocycles. The molecule has 0 bridgehead atoms. The van der Waals surface area contributed by atoms with E-state index in [9.17, 15) is 9.59 Å². The fraction of sp³-hybridized carbons (Fsp3) is 0.417. The van der Waals surface area contributed by atoms with E-state index < -0.39 is 0 Å². The number of hydrogen-bond donors (Lipinski definition) is 1. The highest BCUT2D eigenvalue weighted by Crippen LogP contribution is 2.28. The van der Waals surface area contributed by atoms with E-state index >= 15 is 0 Å². The summed E-state index contributed by atoms with van der Waals surface area (Å²) in [6, 6.07) is 17.7. The van der Waals surface area contributed by atoms with Crippen molar-refractivity contribution in [2.24, 2.45) is 0 Å². The van der Waals surface area contributed by atoms with E-state index in [2.05, 4.69) is 5.32 Å². The molecule has 2 aliphatic rings. The molecule has 1 spiro atoms. The fourth-order valence-corrected chi connectivity index (χ4v) is 4.04. The molecule has 0 aliphatic carbocycles. The third-order valence-corrected chi connectivity index (χ3v) is 5.92. The molecule has 2 saturated heterocycles. The second kappa shape index (κ2) is 9.30. The van der Waals surface area contributed by atoms with E-state index in [1.165, 1.54) is 0 Å². The van der Waals surface area contributed by atoms with Crippen molar-refractivity contribution in [1.82, 2.24) is 10.2 Å². The standard InChI is InChI=1S/C24H28N2O4/c27-22-10-15-30-24(18-25-22)11-13-26(14-12-24)23(28)16-20-8-4-5-9-21(20)29-17-19-6-2-1-3-7-19/h1-9H,10-18H2,(H,25,27). The molecule has 0 saturated carbocycles. The minimum Gasteiger partial charge on any atom is -0.489 e. The highest BCUT2D eigenvalue weighted by atomic mass is 16.5. The van der Waals surface area contributed by atoms with Crippen LogP contribution in [-0.2, 0) is 27.4 Å².